The first-order valence-corrected chi connectivity index (χ1v) is 11.1. The number of hydrogen-bond acceptors (Lipinski definition) is 3. The summed E-state index contributed by atoms with van der Waals surface area (Å²) in [6, 6.07) is 17.6. The van der Waals surface area contributed by atoms with Gasteiger partial charge in [-0.05, 0) is 30.5 Å². The van der Waals surface area contributed by atoms with Crippen LogP contribution in [0, 0.1) is 5.92 Å². The van der Waals surface area contributed by atoms with Gasteiger partial charge in [0.15, 0.2) is 0 Å². The predicted molar refractivity (Wildman–Crippen MR) is 118 cm³/mol. The van der Waals surface area contributed by atoms with E-state index in [4.69, 9.17) is 11.6 Å². The average molecular weight is 426 g/mol. The lowest BCUT2D eigenvalue weighted by molar-refractivity contribution is -0.138. The van der Waals surface area contributed by atoms with Gasteiger partial charge in [-0.3, -0.25) is 14.5 Å². The molecule has 2 aromatic carbocycles. The zero-order chi connectivity index (χ0) is 20.9. The van der Waals surface area contributed by atoms with Gasteiger partial charge in [0.05, 0.1) is 10.6 Å². The van der Waals surface area contributed by atoms with Gasteiger partial charge >= 0.3 is 0 Å². The lowest BCUT2D eigenvalue weighted by Gasteiger charge is -2.38. The van der Waals surface area contributed by atoms with Gasteiger partial charge in [0.2, 0.25) is 5.91 Å². The third-order valence-electron chi connectivity index (χ3n) is 6.17. The first kappa shape index (κ1) is 20.9. The molecule has 4 rings (SSSR count). The second kappa shape index (κ2) is 9.63. The van der Waals surface area contributed by atoms with Gasteiger partial charge in [-0.1, -0.05) is 54.1 Å². The molecule has 2 heterocycles. The third kappa shape index (κ3) is 4.85. The van der Waals surface area contributed by atoms with Crippen LogP contribution in [-0.4, -0.2) is 65.8 Å². The van der Waals surface area contributed by atoms with Gasteiger partial charge in [0.1, 0.15) is 0 Å². The van der Waals surface area contributed by atoms with E-state index in [0.29, 0.717) is 23.7 Å². The minimum Gasteiger partial charge on any atom is -0.340 e. The lowest BCUT2D eigenvalue weighted by atomic mass is 9.94. The minimum atomic E-state index is -0.0407. The molecule has 0 bridgehead atoms. The number of rotatable bonds is 4. The third-order valence-corrected chi connectivity index (χ3v) is 6.50. The molecule has 2 amide bonds. The molecule has 30 heavy (non-hydrogen) atoms. The minimum absolute atomic E-state index is 0.0148. The van der Waals surface area contributed by atoms with Gasteiger partial charge in [0, 0.05) is 51.7 Å². The lowest BCUT2D eigenvalue weighted by Crippen LogP contribution is -2.51. The van der Waals surface area contributed by atoms with Crippen molar-refractivity contribution >= 4 is 23.4 Å². The maximum atomic E-state index is 13.0. The highest BCUT2D eigenvalue weighted by atomic mass is 35.5. The van der Waals surface area contributed by atoms with Crippen LogP contribution in [-0.2, 0) is 11.3 Å². The van der Waals surface area contributed by atoms with Crippen LogP contribution in [0.5, 0.6) is 0 Å². The molecule has 0 aromatic heterocycles. The first-order valence-electron chi connectivity index (χ1n) is 10.7. The molecule has 2 saturated heterocycles. The van der Waals surface area contributed by atoms with Crippen LogP contribution in [0.15, 0.2) is 54.6 Å². The Bertz CT molecular complexity index is 873. The van der Waals surface area contributed by atoms with E-state index < -0.39 is 0 Å². The molecule has 0 aliphatic carbocycles. The number of benzene rings is 2. The van der Waals surface area contributed by atoms with Crippen LogP contribution in [0.3, 0.4) is 0 Å². The first-order chi connectivity index (χ1) is 14.6. The van der Waals surface area contributed by atoms with Crippen LogP contribution in [0.2, 0.25) is 5.02 Å². The number of carbonyl (C=O) groups excluding carboxylic acids is 2. The quantitative estimate of drug-likeness (QED) is 0.752. The predicted octanol–water partition coefficient (Wildman–Crippen LogP) is 3.54. The van der Waals surface area contributed by atoms with Crippen molar-refractivity contribution in [3.8, 4) is 0 Å². The molecule has 0 unspecified atom stereocenters. The van der Waals surface area contributed by atoms with Crippen LogP contribution in [0.25, 0.3) is 0 Å². The fourth-order valence-corrected chi connectivity index (χ4v) is 4.58. The number of hydrogen-bond donors (Lipinski definition) is 0. The molecule has 2 fully saturated rings. The Hall–Kier alpha value is -2.37. The largest absolute Gasteiger partial charge is 0.340 e. The SMILES string of the molecule is O=C(c1ccccc1Cl)N1CCC(C(=O)N2CCN(Cc3ccccc3)CC2)CC1. The molecule has 0 N–H and O–H groups in total. The molecule has 0 atom stereocenters. The zero-order valence-corrected chi connectivity index (χ0v) is 17.9. The van der Waals surface area contributed by atoms with Crippen molar-refractivity contribution in [1.82, 2.24) is 14.7 Å². The second-order valence-corrected chi connectivity index (χ2v) is 8.54. The summed E-state index contributed by atoms with van der Waals surface area (Å²) in [6.07, 6.45) is 1.44. The molecule has 0 saturated carbocycles. The number of carbonyl (C=O) groups is 2. The molecule has 2 aliphatic rings. The second-order valence-electron chi connectivity index (χ2n) is 8.13. The van der Waals surface area contributed by atoms with E-state index in [1.807, 2.05) is 28.0 Å². The summed E-state index contributed by atoms with van der Waals surface area (Å²) < 4.78 is 0. The number of likely N-dealkylation sites (tertiary alicyclic amines) is 1. The van der Waals surface area contributed by atoms with Crippen LogP contribution in [0.4, 0.5) is 0 Å². The van der Waals surface area contributed by atoms with E-state index in [9.17, 15) is 9.59 Å². The highest BCUT2D eigenvalue weighted by Crippen LogP contribution is 2.24. The van der Waals surface area contributed by atoms with E-state index in [2.05, 4.69) is 29.2 Å². The van der Waals surface area contributed by atoms with Crippen molar-refractivity contribution in [2.45, 2.75) is 19.4 Å². The summed E-state index contributed by atoms with van der Waals surface area (Å²) in [6.45, 7) is 5.53. The van der Waals surface area contributed by atoms with Gasteiger partial charge in [-0.2, -0.15) is 0 Å². The molecule has 6 heteroatoms. The van der Waals surface area contributed by atoms with Gasteiger partial charge < -0.3 is 9.80 Å². The number of amides is 2. The highest BCUT2D eigenvalue weighted by molar-refractivity contribution is 6.33. The van der Waals surface area contributed by atoms with E-state index in [1.165, 1.54) is 5.56 Å². The van der Waals surface area contributed by atoms with E-state index in [-0.39, 0.29) is 17.7 Å². The Balaban J connectivity index is 1.25. The standard InChI is InChI=1S/C24H28ClN3O2/c25-22-9-5-4-8-21(22)24(30)27-12-10-20(11-13-27)23(29)28-16-14-26(15-17-28)18-19-6-2-1-3-7-19/h1-9,20H,10-18H2. The number of halogens is 1. The summed E-state index contributed by atoms with van der Waals surface area (Å²) in [5.41, 5.74) is 1.85. The van der Waals surface area contributed by atoms with Crippen molar-refractivity contribution in [3.05, 3.63) is 70.7 Å². The van der Waals surface area contributed by atoms with Gasteiger partial charge in [-0.15, -0.1) is 0 Å². The zero-order valence-electron chi connectivity index (χ0n) is 17.2. The molecule has 0 spiro atoms. The van der Waals surface area contributed by atoms with Crippen molar-refractivity contribution < 1.29 is 9.59 Å². The number of piperidine rings is 1. The maximum Gasteiger partial charge on any atom is 0.255 e. The van der Waals surface area contributed by atoms with Crippen LogP contribution < -0.4 is 0 Å². The summed E-state index contributed by atoms with van der Waals surface area (Å²) in [5, 5.41) is 0.481. The molecular weight excluding hydrogens is 398 g/mol. The normalized spacial score (nSPS) is 18.4. The van der Waals surface area contributed by atoms with Gasteiger partial charge in [-0.25, -0.2) is 0 Å². The van der Waals surface area contributed by atoms with E-state index in [0.717, 1.165) is 45.6 Å². The number of nitrogens with zero attached hydrogens (tertiary/aromatic N) is 3. The van der Waals surface area contributed by atoms with Crippen molar-refractivity contribution in [3.63, 3.8) is 0 Å². The van der Waals surface area contributed by atoms with Crippen LogP contribution in [0.1, 0.15) is 28.8 Å². The summed E-state index contributed by atoms with van der Waals surface area (Å²) in [7, 11) is 0. The summed E-state index contributed by atoms with van der Waals surface area (Å²) >= 11 is 6.17. The maximum absolute atomic E-state index is 13.0. The summed E-state index contributed by atoms with van der Waals surface area (Å²) in [5.74, 6) is 0.223. The van der Waals surface area contributed by atoms with Gasteiger partial charge in [0.25, 0.3) is 5.91 Å². The van der Waals surface area contributed by atoms with E-state index >= 15 is 0 Å². The van der Waals surface area contributed by atoms with E-state index in [1.54, 1.807) is 12.1 Å². The molecular formula is C24H28ClN3O2. The molecule has 2 aliphatic heterocycles. The molecule has 2 aromatic rings. The number of piperazine rings is 1. The Labute approximate surface area is 183 Å². The molecule has 158 valence electrons. The van der Waals surface area contributed by atoms with Crippen molar-refractivity contribution in [2.75, 3.05) is 39.3 Å². The Morgan fingerprint density at radius 3 is 2.10 bits per heavy atom. The Morgan fingerprint density at radius 1 is 0.800 bits per heavy atom. The highest BCUT2D eigenvalue weighted by Gasteiger charge is 2.32. The average Bonchev–Trinajstić information content (AvgIpc) is 2.80. The Morgan fingerprint density at radius 2 is 1.43 bits per heavy atom. The molecule has 5 nitrogen and oxygen atoms in total. The van der Waals surface area contributed by atoms with Crippen molar-refractivity contribution in [1.29, 1.82) is 0 Å². The van der Waals surface area contributed by atoms with Crippen LogP contribution >= 0.6 is 11.6 Å². The summed E-state index contributed by atoms with van der Waals surface area (Å²) in [4.78, 5) is 32.0. The Kier molecular flexibility index (Phi) is 6.70. The fraction of sp³-hybridized carbons (Fsp3) is 0.417. The fourth-order valence-electron chi connectivity index (χ4n) is 4.36. The molecule has 0 radical (unpaired) electrons. The smallest absolute Gasteiger partial charge is 0.255 e. The topological polar surface area (TPSA) is 43.9 Å². The van der Waals surface area contributed by atoms with Crippen molar-refractivity contribution in [2.24, 2.45) is 5.92 Å². The monoisotopic (exact) mass is 425 g/mol.